The van der Waals surface area contributed by atoms with E-state index in [1.54, 1.807) is 13.8 Å². The van der Waals surface area contributed by atoms with Crippen LogP contribution in [0.4, 0.5) is 5.69 Å². The lowest BCUT2D eigenvalue weighted by molar-refractivity contribution is -0.384. The Morgan fingerprint density at radius 1 is 1.17 bits per heavy atom. The largest absolute Gasteiger partial charge is 0.460 e. The summed E-state index contributed by atoms with van der Waals surface area (Å²) in [6.45, 7) is 3.35. The zero-order valence-corrected chi connectivity index (χ0v) is 13.0. The molecule has 0 aliphatic heterocycles. The monoisotopic (exact) mass is 334 g/mol. The van der Waals surface area contributed by atoms with Crippen LogP contribution in [0.2, 0.25) is 0 Å². The van der Waals surface area contributed by atoms with Crippen molar-refractivity contribution in [1.29, 1.82) is 0 Å². The first-order valence-corrected chi connectivity index (χ1v) is 7.04. The van der Waals surface area contributed by atoms with Gasteiger partial charge < -0.3 is 9.47 Å². The van der Waals surface area contributed by atoms with E-state index < -0.39 is 22.7 Å². The molecule has 0 atom stereocenters. The zero-order valence-electron chi connectivity index (χ0n) is 13.0. The highest BCUT2D eigenvalue weighted by molar-refractivity contribution is 5.90. The molecule has 0 unspecified atom stereocenters. The lowest BCUT2D eigenvalue weighted by Gasteiger charge is -2.05. The van der Waals surface area contributed by atoms with E-state index in [2.05, 4.69) is 10.1 Å². The number of nitro benzene ring substituents is 1. The molecule has 1 heterocycles. The van der Waals surface area contributed by atoms with Crippen molar-refractivity contribution < 1.29 is 24.0 Å². The van der Waals surface area contributed by atoms with Crippen LogP contribution in [-0.2, 0) is 9.47 Å². The fraction of sp³-hybridized carbons (Fsp3) is 0.286. The first-order chi connectivity index (χ1) is 11.5. The van der Waals surface area contributed by atoms with Crippen LogP contribution >= 0.6 is 0 Å². The molecule has 0 aliphatic carbocycles. The van der Waals surface area contributed by atoms with E-state index in [4.69, 9.17) is 9.47 Å². The molecule has 0 aliphatic rings. The average Bonchev–Trinajstić information content (AvgIpc) is 3.00. The average molecular weight is 334 g/mol. The number of hydrogen-bond donors (Lipinski definition) is 0. The van der Waals surface area contributed by atoms with Gasteiger partial charge in [0.15, 0.2) is 0 Å². The first kappa shape index (κ1) is 17.1. The maximum absolute atomic E-state index is 12.0. The third-order valence-electron chi connectivity index (χ3n) is 2.83. The number of hydrogen-bond acceptors (Lipinski definition) is 8. The zero-order chi connectivity index (χ0) is 17.7. The number of carbonyl (C=O) groups is 2. The lowest BCUT2D eigenvalue weighted by atomic mass is 10.2. The number of esters is 2. The van der Waals surface area contributed by atoms with Crippen molar-refractivity contribution in [3.05, 3.63) is 46.0 Å². The summed E-state index contributed by atoms with van der Waals surface area (Å²) in [7, 11) is 0. The normalized spacial score (nSPS) is 10.2. The van der Waals surface area contributed by atoms with Crippen molar-refractivity contribution in [2.24, 2.45) is 0 Å². The molecule has 126 valence electrons. The van der Waals surface area contributed by atoms with E-state index in [1.807, 2.05) is 0 Å². The Kier molecular flexibility index (Phi) is 5.20. The van der Waals surface area contributed by atoms with Gasteiger partial charge in [0, 0.05) is 6.07 Å². The van der Waals surface area contributed by atoms with Crippen molar-refractivity contribution in [2.45, 2.75) is 13.8 Å². The Bertz CT molecular complexity index is 785. The summed E-state index contributed by atoms with van der Waals surface area (Å²) in [6, 6.07) is 5.62. The molecule has 0 fully saturated rings. The highest BCUT2D eigenvalue weighted by Crippen LogP contribution is 2.23. The summed E-state index contributed by atoms with van der Waals surface area (Å²) in [5.41, 5.74) is -0.322. The van der Waals surface area contributed by atoms with E-state index in [0.717, 1.165) is 4.68 Å². The van der Waals surface area contributed by atoms with Gasteiger partial charge >= 0.3 is 11.9 Å². The molecule has 0 amide bonds. The van der Waals surface area contributed by atoms with Crippen molar-refractivity contribution in [3.8, 4) is 5.69 Å². The smallest absolute Gasteiger partial charge is 0.378 e. The molecule has 1 aromatic carbocycles. The van der Waals surface area contributed by atoms with E-state index in [-0.39, 0.29) is 30.4 Å². The topological polar surface area (TPSA) is 126 Å². The molecular weight excluding hydrogens is 320 g/mol. The van der Waals surface area contributed by atoms with Crippen molar-refractivity contribution in [2.75, 3.05) is 13.2 Å². The lowest BCUT2D eigenvalue weighted by Crippen LogP contribution is -2.14. The van der Waals surface area contributed by atoms with Crippen LogP contribution in [0.25, 0.3) is 5.69 Å². The Balaban J connectivity index is 2.61. The van der Waals surface area contributed by atoms with Crippen LogP contribution < -0.4 is 0 Å². The van der Waals surface area contributed by atoms with Gasteiger partial charge in [-0.15, -0.1) is 5.10 Å². The van der Waals surface area contributed by atoms with Gasteiger partial charge in [-0.05, 0) is 19.9 Å². The number of para-hydroxylation sites is 2. The second-order valence-corrected chi connectivity index (χ2v) is 4.36. The van der Waals surface area contributed by atoms with Crippen LogP contribution in [0, 0.1) is 10.1 Å². The van der Waals surface area contributed by atoms with Gasteiger partial charge in [-0.3, -0.25) is 10.1 Å². The van der Waals surface area contributed by atoms with Gasteiger partial charge in [0.25, 0.3) is 11.5 Å². The van der Waals surface area contributed by atoms with Crippen molar-refractivity contribution >= 4 is 17.6 Å². The van der Waals surface area contributed by atoms with Crippen LogP contribution in [-0.4, -0.2) is 44.8 Å². The van der Waals surface area contributed by atoms with Crippen LogP contribution in [0.1, 0.15) is 35.1 Å². The minimum atomic E-state index is -0.862. The fourth-order valence-electron chi connectivity index (χ4n) is 1.89. The summed E-state index contributed by atoms with van der Waals surface area (Å²) >= 11 is 0. The molecule has 24 heavy (non-hydrogen) atoms. The quantitative estimate of drug-likeness (QED) is 0.442. The minimum Gasteiger partial charge on any atom is -0.460 e. The number of nitro groups is 1. The van der Waals surface area contributed by atoms with E-state index in [9.17, 15) is 19.7 Å². The molecule has 2 rings (SSSR count). The number of rotatable bonds is 6. The minimum absolute atomic E-state index is 0.0198. The maximum atomic E-state index is 12.0. The number of nitrogens with zero attached hydrogens (tertiary/aromatic N) is 4. The Morgan fingerprint density at radius 2 is 1.79 bits per heavy atom. The van der Waals surface area contributed by atoms with Gasteiger partial charge in [-0.1, -0.05) is 12.1 Å². The van der Waals surface area contributed by atoms with Gasteiger partial charge in [0.1, 0.15) is 5.69 Å². The van der Waals surface area contributed by atoms with E-state index in [1.165, 1.54) is 24.3 Å². The molecular formula is C14H14N4O6. The molecule has 10 nitrogen and oxygen atoms in total. The third kappa shape index (κ3) is 3.37. The standard InChI is InChI=1S/C14H14N4O6/c1-3-23-13(19)11-15-12(14(20)24-4-2)17(16-11)9-7-5-6-8-10(9)18(21)22/h5-8H,3-4H2,1-2H3. The van der Waals surface area contributed by atoms with Gasteiger partial charge in [0.05, 0.1) is 18.1 Å². The Labute approximate surface area is 136 Å². The third-order valence-corrected chi connectivity index (χ3v) is 2.83. The summed E-state index contributed by atoms with van der Waals surface area (Å²) in [6.07, 6.45) is 0. The van der Waals surface area contributed by atoms with E-state index in [0.29, 0.717) is 0 Å². The van der Waals surface area contributed by atoms with Crippen LogP contribution in [0.15, 0.2) is 24.3 Å². The summed E-state index contributed by atoms with van der Waals surface area (Å²) < 4.78 is 10.6. The molecule has 0 spiro atoms. The van der Waals surface area contributed by atoms with Crippen molar-refractivity contribution in [3.63, 3.8) is 0 Å². The van der Waals surface area contributed by atoms with Gasteiger partial charge in [-0.25, -0.2) is 9.59 Å². The SMILES string of the molecule is CCOC(=O)c1nc(C(=O)OCC)n(-c2ccccc2[N+](=O)[O-])n1. The van der Waals surface area contributed by atoms with Crippen LogP contribution in [0.3, 0.4) is 0 Å². The predicted molar refractivity (Wildman–Crippen MR) is 79.9 cm³/mol. The van der Waals surface area contributed by atoms with Crippen molar-refractivity contribution in [1.82, 2.24) is 14.8 Å². The molecule has 0 saturated heterocycles. The second kappa shape index (κ2) is 7.31. The highest BCUT2D eigenvalue weighted by Gasteiger charge is 2.27. The van der Waals surface area contributed by atoms with Crippen LogP contribution in [0.5, 0.6) is 0 Å². The summed E-state index contributed by atoms with van der Waals surface area (Å²) in [5, 5.41) is 15.1. The fourth-order valence-corrected chi connectivity index (χ4v) is 1.89. The molecule has 10 heteroatoms. The Hall–Kier alpha value is -3.30. The number of aromatic nitrogens is 3. The second-order valence-electron chi connectivity index (χ2n) is 4.36. The van der Waals surface area contributed by atoms with E-state index >= 15 is 0 Å². The number of ether oxygens (including phenoxy) is 2. The summed E-state index contributed by atoms with van der Waals surface area (Å²) in [5.74, 6) is -2.45. The molecule has 1 aromatic heterocycles. The molecule has 0 bridgehead atoms. The Morgan fingerprint density at radius 3 is 2.42 bits per heavy atom. The summed E-state index contributed by atoms with van der Waals surface area (Å²) in [4.78, 5) is 38.2. The number of carbonyl (C=O) groups excluding carboxylic acids is 2. The maximum Gasteiger partial charge on any atom is 0.378 e. The van der Waals surface area contributed by atoms with Gasteiger partial charge in [-0.2, -0.15) is 9.67 Å². The predicted octanol–water partition coefficient (Wildman–Crippen LogP) is 1.53. The van der Waals surface area contributed by atoms with Gasteiger partial charge in [0.2, 0.25) is 5.82 Å². The first-order valence-electron chi connectivity index (χ1n) is 7.04. The number of benzene rings is 1. The molecule has 0 saturated carbocycles. The molecule has 2 aromatic rings. The molecule has 0 N–H and O–H groups in total. The molecule has 0 radical (unpaired) electrons. The highest BCUT2D eigenvalue weighted by atomic mass is 16.6.